The van der Waals surface area contributed by atoms with Crippen molar-refractivity contribution in [1.29, 1.82) is 0 Å². The zero-order valence-corrected chi connectivity index (χ0v) is 5.68. The van der Waals surface area contributed by atoms with Gasteiger partial charge in [-0.05, 0) is 13.8 Å². The van der Waals surface area contributed by atoms with Gasteiger partial charge in [-0.1, -0.05) is 0 Å². The minimum Gasteiger partial charge on any atom is -0.299 e. The molecule has 0 fully saturated rings. The van der Waals surface area contributed by atoms with Gasteiger partial charge in [0.15, 0.2) is 0 Å². The summed E-state index contributed by atoms with van der Waals surface area (Å²) >= 11 is 0. The second kappa shape index (κ2) is 4.50. The summed E-state index contributed by atoms with van der Waals surface area (Å²) in [5.74, 6) is 0. The van der Waals surface area contributed by atoms with Crippen LogP contribution in [-0.4, -0.2) is 25.5 Å². The first-order valence-electron chi connectivity index (χ1n) is 2.65. The third-order valence-corrected chi connectivity index (χ3v) is 0.672. The molecular weight excluding hydrogens is 100 g/mol. The third kappa shape index (κ3) is 5.34. The minimum atomic E-state index is 0.721. The van der Waals surface area contributed by atoms with Crippen molar-refractivity contribution >= 4 is 11.9 Å². The van der Waals surface area contributed by atoms with Crippen LogP contribution in [-0.2, 0) is 0 Å². The molecule has 0 aromatic carbocycles. The molecule has 2 heteroatoms. The topological polar surface area (TPSA) is 24.7 Å². The standard InChI is InChI=1S/C6H12N2/c1-6(2)8-5-4-7-3/h4H,5H2,1-3H3/b7-4-. The van der Waals surface area contributed by atoms with Gasteiger partial charge in [-0.3, -0.25) is 9.98 Å². The lowest BCUT2D eigenvalue weighted by atomic mass is 10.5. The van der Waals surface area contributed by atoms with Crippen LogP contribution in [0.5, 0.6) is 0 Å². The summed E-state index contributed by atoms with van der Waals surface area (Å²) < 4.78 is 0. The van der Waals surface area contributed by atoms with Crippen molar-refractivity contribution in [3.05, 3.63) is 0 Å². The van der Waals surface area contributed by atoms with Crippen LogP contribution in [0.2, 0.25) is 0 Å². The largest absolute Gasteiger partial charge is 0.299 e. The van der Waals surface area contributed by atoms with E-state index in [-0.39, 0.29) is 0 Å². The highest BCUT2D eigenvalue weighted by atomic mass is 14.8. The molecule has 0 rings (SSSR count). The predicted octanol–water partition coefficient (Wildman–Crippen LogP) is 1.17. The van der Waals surface area contributed by atoms with Crippen LogP contribution in [0.4, 0.5) is 0 Å². The van der Waals surface area contributed by atoms with Crippen LogP contribution < -0.4 is 0 Å². The first-order chi connectivity index (χ1) is 3.77. The van der Waals surface area contributed by atoms with Crippen LogP contribution in [0.15, 0.2) is 9.98 Å². The maximum atomic E-state index is 4.08. The van der Waals surface area contributed by atoms with E-state index in [1.807, 2.05) is 13.8 Å². The van der Waals surface area contributed by atoms with Gasteiger partial charge in [-0.15, -0.1) is 0 Å². The average Bonchev–Trinajstić information content (AvgIpc) is 1.66. The lowest BCUT2D eigenvalue weighted by Crippen LogP contribution is -1.86. The van der Waals surface area contributed by atoms with Crippen LogP contribution in [0.25, 0.3) is 0 Å². The summed E-state index contributed by atoms with van der Waals surface area (Å²) in [5.41, 5.74) is 1.10. The fraction of sp³-hybridized carbons (Fsp3) is 0.667. The average molecular weight is 112 g/mol. The molecule has 2 nitrogen and oxygen atoms in total. The van der Waals surface area contributed by atoms with Crippen LogP contribution in [0.1, 0.15) is 13.8 Å². The molecule has 0 spiro atoms. The van der Waals surface area contributed by atoms with Gasteiger partial charge in [0, 0.05) is 19.0 Å². The summed E-state index contributed by atoms with van der Waals surface area (Å²) in [5, 5.41) is 0. The zero-order chi connectivity index (χ0) is 6.41. The van der Waals surface area contributed by atoms with Crippen LogP contribution in [0.3, 0.4) is 0 Å². The van der Waals surface area contributed by atoms with E-state index in [0.29, 0.717) is 0 Å². The molecule has 0 radical (unpaired) electrons. The van der Waals surface area contributed by atoms with Gasteiger partial charge in [-0.25, -0.2) is 0 Å². The number of hydrogen-bond acceptors (Lipinski definition) is 2. The molecule has 0 aliphatic heterocycles. The highest BCUT2D eigenvalue weighted by molar-refractivity contribution is 5.80. The molecule has 0 aliphatic rings. The smallest absolute Gasteiger partial charge is 0.0736 e. The van der Waals surface area contributed by atoms with Gasteiger partial charge in [0.1, 0.15) is 0 Å². The summed E-state index contributed by atoms with van der Waals surface area (Å²) in [6.45, 7) is 4.67. The molecular formula is C6H12N2. The van der Waals surface area contributed by atoms with E-state index < -0.39 is 0 Å². The molecule has 0 heterocycles. The molecule has 46 valence electrons. The molecule has 0 unspecified atom stereocenters. The van der Waals surface area contributed by atoms with Gasteiger partial charge in [0.05, 0.1) is 6.54 Å². The Morgan fingerprint density at radius 3 is 2.50 bits per heavy atom. The summed E-state index contributed by atoms with van der Waals surface area (Å²) in [4.78, 5) is 7.86. The lowest BCUT2D eigenvalue weighted by Gasteiger charge is -1.83. The third-order valence-electron chi connectivity index (χ3n) is 0.672. The second-order valence-electron chi connectivity index (χ2n) is 1.73. The van der Waals surface area contributed by atoms with E-state index in [1.54, 1.807) is 13.3 Å². The molecule has 0 bridgehead atoms. The Labute approximate surface area is 50.4 Å². The fourth-order valence-electron chi connectivity index (χ4n) is 0.305. The molecule has 8 heavy (non-hydrogen) atoms. The van der Waals surface area contributed by atoms with E-state index in [1.165, 1.54) is 0 Å². The molecule has 0 atom stereocenters. The lowest BCUT2D eigenvalue weighted by molar-refractivity contribution is 1.28. The highest BCUT2D eigenvalue weighted by Gasteiger charge is 1.72. The van der Waals surface area contributed by atoms with Gasteiger partial charge in [-0.2, -0.15) is 0 Å². The molecule has 0 aliphatic carbocycles. The zero-order valence-electron chi connectivity index (χ0n) is 5.68. The fourth-order valence-corrected chi connectivity index (χ4v) is 0.305. The van der Waals surface area contributed by atoms with Crippen molar-refractivity contribution in [1.82, 2.24) is 0 Å². The maximum Gasteiger partial charge on any atom is 0.0736 e. The van der Waals surface area contributed by atoms with Crippen molar-refractivity contribution in [2.75, 3.05) is 13.6 Å². The van der Waals surface area contributed by atoms with Gasteiger partial charge in [0.2, 0.25) is 0 Å². The van der Waals surface area contributed by atoms with Crippen molar-refractivity contribution in [3.63, 3.8) is 0 Å². The van der Waals surface area contributed by atoms with Crippen LogP contribution in [0, 0.1) is 0 Å². The van der Waals surface area contributed by atoms with Crippen LogP contribution >= 0.6 is 0 Å². The Morgan fingerprint density at radius 2 is 2.12 bits per heavy atom. The minimum absolute atomic E-state index is 0.721. The summed E-state index contributed by atoms with van der Waals surface area (Å²) in [7, 11) is 1.75. The van der Waals surface area contributed by atoms with E-state index >= 15 is 0 Å². The Kier molecular flexibility index (Phi) is 4.13. The summed E-state index contributed by atoms with van der Waals surface area (Å²) in [6, 6.07) is 0. The molecule has 0 saturated heterocycles. The van der Waals surface area contributed by atoms with E-state index in [2.05, 4.69) is 9.98 Å². The normalized spacial score (nSPS) is 9.88. The number of aliphatic imine (C=N–C) groups is 2. The second-order valence-corrected chi connectivity index (χ2v) is 1.73. The number of nitrogens with zero attached hydrogens (tertiary/aromatic N) is 2. The Hall–Kier alpha value is -0.660. The maximum absolute atomic E-state index is 4.08. The van der Waals surface area contributed by atoms with Crippen molar-refractivity contribution in [2.24, 2.45) is 9.98 Å². The predicted molar refractivity (Wildman–Crippen MR) is 38.1 cm³/mol. The summed E-state index contributed by atoms with van der Waals surface area (Å²) in [6.07, 6.45) is 1.78. The first-order valence-corrected chi connectivity index (χ1v) is 2.65. The Morgan fingerprint density at radius 1 is 1.50 bits per heavy atom. The Bertz CT molecular complexity index is 99.1. The molecule has 0 saturated carbocycles. The number of hydrogen-bond donors (Lipinski definition) is 0. The molecule has 0 aromatic rings. The van der Waals surface area contributed by atoms with Crippen molar-refractivity contribution < 1.29 is 0 Å². The van der Waals surface area contributed by atoms with E-state index in [0.717, 1.165) is 12.3 Å². The number of rotatable bonds is 2. The quantitative estimate of drug-likeness (QED) is 0.479. The monoisotopic (exact) mass is 112 g/mol. The van der Waals surface area contributed by atoms with Gasteiger partial charge >= 0.3 is 0 Å². The Balaban J connectivity index is 3.30. The molecule has 0 N–H and O–H groups in total. The van der Waals surface area contributed by atoms with Crippen molar-refractivity contribution in [3.8, 4) is 0 Å². The van der Waals surface area contributed by atoms with Gasteiger partial charge in [0.25, 0.3) is 0 Å². The molecule has 0 aromatic heterocycles. The van der Waals surface area contributed by atoms with E-state index in [4.69, 9.17) is 0 Å². The van der Waals surface area contributed by atoms with Gasteiger partial charge < -0.3 is 0 Å². The SMILES string of the molecule is C/N=C\CN=C(C)C. The molecule has 0 amide bonds. The van der Waals surface area contributed by atoms with E-state index in [9.17, 15) is 0 Å². The first kappa shape index (κ1) is 7.34. The highest BCUT2D eigenvalue weighted by Crippen LogP contribution is 1.71. The van der Waals surface area contributed by atoms with Crippen molar-refractivity contribution in [2.45, 2.75) is 13.8 Å².